The van der Waals surface area contributed by atoms with Gasteiger partial charge >= 0.3 is 0 Å². The van der Waals surface area contributed by atoms with E-state index in [1.807, 2.05) is 36.4 Å². The monoisotopic (exact) mass is 313 g/mol. The number of nitrogens with zero attached hydrogens (tertiary/aromatic N) is 1. The van der Waals surface area contributed by atoms with E-state index in [1.165, 1.54) is 0 Å². The summed E-state index contributed by atoms with van der Waals surface area (Å²) in [6.07, 6.45) is 1.77. The highest BCUT2D eigenvalue weighted by Crippen LogP contribution is 2.28. The molecule has 0 saturated carbocycles. The standard InChI is InChI=1S/C16H12ClN3S/c17-11-6-7-13(12(9-11)16(18)21)20-14-5-1-3-10-4-2-8-19-15(10)14/h1-9,20H,(H2,18,21). The van der Waals surface area contributed by atoms with Gasteiger partial charge < -0.3 is 11.1 Å². The van der Waals surface area contributed by atoms with Crippen LogP contribution in [0.25, 0.3) is 10.9 Å². The summed E-state index contributed by atoms with van der Waals surface area (Å²) in [5.41, 5.74) is 9.08. The number of pyridine rings is 1. The summed E-state index contributed by atoms with van der Waals surface area (Å²) in [5.74, 6) is 0. The number of para-hydroxylation sites is 1. The molecule has 0 bridgehead atoms. The number of rotatable bonds is 3. The van der Waals surface area contributed by atoms with E-state index >= 15 is 0 Å². The van der Waals surface area contributed by atoms with Crippen molar-refractivity contribution in [2.75, 3.05) is 5.32 Å². The summed E-state index contributed by atoms with van der Waals surface area (Å²) in [6.45, 7) is 0. The molecule has 2 aromatic carbocycles. The van der Waals surface area contributed by atoms with Gasteiger partial charge in [0.1, 0.15) is 4.99 Å². The van der Waals surface area contributed by atoms with E-state index in [4.69, 9.17) is 29.6 Å². The molecule has 0 unspecified atom stereocenters. The third-order valence-electron chi connectivity index (χ3n) is 3.15. The maximum Gasteiger partial charge on any atom is 0.106 e. The van der Waals surface area contributed by atoms with Crippen molar-refractivity contribution in [1.82, 2.24) is 4.98 Å². The molecule has 1 heterocycles. The first kappa shape index (κ1) is 13.8. The molecular weight excluding hydrogens is 302 g/mol. The number of anilines is 2. The third kappa shape index (κ3) is 2.82. The molecule has 0 aliphatic carbocycles. The summed E-state index contributed by atoms with van der Waals surface area (Å²) in [6, 6.07) is 15.3. The number of hydrogen-bond donors (Lipinski definition) is 2. The molecule has 0 saturated heterocycles. The van der Waals surface area contributed by atoms with Crippen molar-refractivity contribution >= 4 is 51.1 Å². The molecule has 3 N–H and O–H groups in total. The van der Waals surface area contributed by atoms with Gasteiger partial charge in [0.05, 0.1) is 11.2 Å². The first-order valence-corrected chi connectivity index (χ1v) is 7.14. The minimum Gasteiger partial charge on any atom is -0.389 e. The predicted molar refractivity (Wildman–Crippen MR) is 92.4 cm³/mol. The highest BCUT2D eigenvalue weighted by atomic mass is 35.5. The van der Waals surface area contributed by atoms with E-state index in [-0.39, 0.29) is 0 Å². The summed E-state index contributed by atoms with van der Waals surface area (Å²) in [7, 11) is 0. The van der Waals surface area contributed by atoms with Gasteiger partial charge in [-0.25, -0.2) is 0 Å². The van der Waals surface area contributed by atoms with Crippen LogP contribution in [0.1, 0.15) is 5.56 Å². The zero-order valence-electron chi connectivity index (χ0n) is 11.0. The van der Waals surface area contributed by atoms with Gasteiger partial charge in [0.2, 0.25) is 0 Å². The Hall–Kier alpha value is -2.17. The van der Waals surface area contributed by atoms with Crippen LogP contribution in [0.5, 0.6) is 0 Å². The second kappa shape index (κ2) is 5.68. The van der Waals surface area contributed by atoms with Gasteiger partial charge in [0.25, 0.3) is 0 Å². The molecule has 0 atom stereocenters. The fourth-order valence-corrected chi connectivity index (χ4v) is 2.52. The van der Waals surface area contributed by atoms with Crippen LogP contribution in [0.15, 0.2) is 54.7 Å². The quantitative estimate of drug-likeness (QED) is 0.709. The summed E-state index contributed by atoms with van der Waals surface area (Å²) in [5, 5.41) is 5.00. The number of nitrogens with two attached hydrogens (primary N) is 1. The molecular formula is C16H12ClN3S. The SMILES string of the molecule is NC(=S)c1cc(Cl)ccc1Nc1cccc2cccnc12. The molecule has 5 heteroatoms. The number of halogens is 1. The highest BCUT2D eigenvalue weighted by molar-refractivity contribution is 7.80. The van der Waals surface area contributed by atoms with Crippen molar-refractivity contribution in [2.45, 2.75) is 0 Å². The van der Waals surface area contributed by atoms with Gasteiger partial charge in [-0.2, -0.15) is 0 Å². The number of fused-ring (bicyclic) bond motifs is 1. The van der Waals surface area contributed by atoms with E-state index in [1.54, 1.807) is 18.3 Å². The van der Waals surface area contributed by atoms with Crippen molar-refractivity contribution < 1.29 is 0 Å². The zero-order chi connectivity index (χ0) is 14.8. The third-order valence-corrected chi connectivity index (χ3v) is 3.60. The second-order valence-corrected chi connectivity index (χ2v) is 5.44. The number of nitrogens with one attached hydrogen (secondary N) is 1. The molecule has 3 aromatic rings. The lowest BCUT2D eigenvalue weighted by atomic mass is 10.1. The Labute approximate surface area is 132 Å². The molecule has 104 valence electrons. The van der Waals surface area contributed by atoms with Crippen molar-refractivity contribution in [2.24, 2.45) is 5.73 Å². The molecule has 0 amide bonds. The van der Waals surface area contributed by atoms with Gasteiger partial charge in [-0.15, -0.1) is 0 Å². The van der Waals surface area contributed by atoms with Crippen LogP contribution in [0, 0.1) is 0 Å². The maximum atomic E-state index is 6.00. The molecule has 3 rings (SSSR count). The first-order chi connectivity index (χ1) is 10.1. The fourth-order valence-electron chi connectivity index (χ4n) is 2.18. The largest absolute Gasteiger partial charge is 0.389 e. The number of hydrogen-bond acceptors (Lipinski definition) is 3. The molecule has 21 heavy (non-hydrogen) atoms. The van der Waals surface area contributed by atoms with Crippen LogP contribution in [-0.2, 0) is 0 Å². The van der Waals surface area contributed by atoms with Crippen LogP contribution >= 0.6 is 23.8 Å². The van der Waals surface area contributed by atoms with E-state index in [2.05, 4.69) is 10.3 Å². The Morgan fingerprint density at radius 1 is 1.10 bits per heavy atom. The molecule has 0 aliphatic rings. The lowest BCUT2D eigenvalue weighted by Crippen LogP contribution is -2.12. The van der Waals surface area contributed by atoms with Gasteiger partial charge in [-0.05, 0) is 30.3 Å². The number of aromatic nitrogens is 1. The normalized spacial score (nSPS) is 10.5. The van der Waals surface area contributed by atoms with E-state index < -0.39 is 0 Å². The molecule has 0 radical (unpaired) electrons. The van der Waals surface area contributed by atoms with E-state index in [9.17, 15) is 0 Å². The van der Waals surface area contributed by atoms with Crippen molar-refractivity contribution in [3.8, 4) is 0 Å². The zero-order valence-corrected chi connectivity index (χ0v) is 12.6. The minimum absolute atomic E-state index is 0.299. The molecule has 0 spiro atoms. The summed E-state index contributed by atoms with van der Waals surface area (Å²) >= 11 is 11.1. The second-order valence-electron chi connectivity index (χ2n) is 4.56. The van der Waals surface area contributed by atoms with Gasteiger partial charge in [-0.1, -0.05) is 42.0 Å². The molecule has 0 fully saturated rings. The van der Waals surface area contributed by atoms with Crippen molar-refractivity contribution in [1.29, 1.82) is 0 Å². The maximum absolute atomic E-state index is 6.00. The molecule has 3 nitrogen and oxygen atoms in total. The summed E-state index contributed by atoms with van der Waals surface area (Å²) in [4.78, 5) is 4.72. The summed E-state index contributed by atoms with van der Waals surface area (Å²) < 4.78 is 0. The van der Waals surface area contributed by atoms with Crippen LogP contribution in [0.4, 0.5) is 11.4 Å². The Morgan fingerprint density at radius 2 is 1.90 bits per heavy atom. The van der Waals surface area contributed by atoms with Crippen molar-refractivity contribution in [3.63, 3.8) is 0 Å². The Kier molecular flexibility index (Phi) is 3.73. The number of benzene rings is 2. The smallest absolute Gasteiger partial charge is 0.106 e. The van der Waals surface area contributed by atoms with Gasteiger partial charge in [0, 0.05) is 27.9 Å². The molecule has 1 aromatic heterocycles. The van der Waals surface area contributed by atoms with Crippen LogP contribution < -0.4 is 11.1 Å². The predicted octanol–water partition coefficient (Wildman–Crippen LogP) is 4.27. The average molecular weight is 314 g/mol. The lowest BCUT2D eigenvalue weighted by molar-refractivity contribution is 1.40. The van der Waals surface area contributed by atoms with E-state index in [0.717, 1.165) is 22.3 Å². The van der Waals surface area contributed by atoms with Crippen molar-refractivity contribution in [3.05, 3.63) is 65.3 Å². The molecule has 0 aliphatic heterocycles. The Balaban J connectivity index is 2.09. The first-order valence-electron chi connectivity index (χ1n) is 6.35. The number of thiocarbonyl (C=S) groups is 1. The van der Waals surface area contributed by atoms with Crippen LogP contribution in [-0.4, -0.2) is 9.97 Å². The Bertz CT molecular complexity index is 827. The van der Waals surface area contributed by atoms with Gasteiger partial charge in [-0.3, -0.25) is 4.98 Å². The Morgan fingerprint density at radius 3 is 2.71 bits per heavy atom. The van der Waals surface area contributed by atoms with Crippen LogP contribution in [0.2, 0.25) is 5.02 Å². The van der Waals surface area contributed by atoms with Crippen LogP contribution in [0.3, 0.4) is 0 Å². The topological polar surface area (TPSA) is 50.9 Å². The van der Waals surface area contributed by atoms with Gasteiger partial charge in [0.15, 0.2) is 0 Å². The average Bonchev–Trinajstić information content (AvgIpc) is 2.49. The lowest BCUT2D eigenvalue weighted by Gasteiger charge is -2.13. The fraction of sp³-hybridized carbons (Fsp3) is 0. The highest BCUT2D eigenvalue weighted by Gasteiger charge is 2.08. The minimum atomic E-state index is 0.299. The van der Waals surface area contributed by atoms with E-state index in [0.29, 0.717) is 15.6 Å².